The van der Waals surface area contributed by atoms with E-state index in [1.165, 1.54) is 12.1 Å². The Labute approximate surface area is 147 Å². The van der Waals surface area contributed by atoms with Crippen molar-refractivity contribution in [3.8, 4) is 11.5 Å². The second-order valence-corrected chi connectivity index (χ2v) is 7.27. The third-order valence-electron chi connectivity index (χ3n) is 4.74. The average molecular weight is 344 g/mol. The first kappa shape index (κ1) is 17.8. The van der Waals surface area contributed by atoms with E-state index in [9.17, 15) is 9.50 Å². The second kappa shape index (κ2) is 6.35. The van der Waals surface area contributed by atoms with E-state index in [-0.39, 0.29) is 12.4 Å². The van der Waals surface area contributed by atoms with Crippen LogP contribution in [-0.4, -0.2) is 23.4 Å². The minimum atomic E-state index is -0.649. The SMILES string of the molecule is CC1(C)OB(c2cc(F)cc(OCc3cccc(O)c3)c2)OC1(C)C. The van der Waals surface area contributed by atoms with Crippen molar-refractivity contribution in [2.75, 3.05) is 0 Å². The lowest BCUT2D eigenvalue weighted by molar-refractivity contribution is 0.00578. The Balaban J connectivity index is 1.77. The molecule has 0 atom stereocenters. The molecule has 6 heteroatoms. The summed E-state index contributed by atoms with van der Waals surface area (Å²) >= 11 is 0. The van der Waals surface area contributed by atoms with Crippen molar-refractivity contribution in [2.45, 2.75) is 45.5 Å². The van der Waals surface area contributed by atoms with Crippen LogP contribution in [0, 0.1) is 5.82 Å². The number of ether oxygens (including phenoxy) is 1. The monoisotopic (exact) mass is 344 g/mol. The van der Waals surface area contributed by atoms with Gasteiger partial charge in [-0.15, -0.1) is 0 Å². The van der Waals surface area contributed by atoms with Gasteiger partial charge in [-0.05, 0) is 63.0 Å². The summed E-state index contributed by atoms with van der Waals surface area (Å²) in [5, 5.41) is 9.49. The second-order valence-electron chi connectivity index (χ2n) is 7.27. The van der Waals surface area contributed by atoms with Crippen molar-refractivity contribution in [2.24, 2.45) is 0 Å². The predicted octanol–water partition coefficient (Wildman–Crippen LogP) is 3.41. The maximum Gasteiger partial charge on any atom is 0.495 e. The summed E-state index contributed by atoms with van der Waals surface area (Å²) in [6.45, 7) is 8.02. The van der Waals surface area contributed by atoms with Gasteiger partial charge in [-0.3, -0.25) is 0 Å². The van der Waals surface area contributed by atoms with E-state index in [1.807, 2.05) is 33.8 Å². The molecule has 0 aromatic heterocycles. The smallest absolute Gasteiger partial charge is 0.495 e. The molecule has 1 saturated heterocycles. The van der Waals surface area contributed by atoms with Crippen LogP contribution in [0.15, 0.2) is 42.5 Å². The van der Waals surface area contributed by atoms with Crippen molar-refractivity contribution >= 4 is 12.6 Å². The molecule has 25 heavy (non-hydrogen) atoms. The molecule has 132 valence electrons. The molecule has 2 aromatic carbocycles. The highest BCUT2D eigenvalue weighted by molar-refractivity contribution is 6.62. The highest BCUT2D eigenvalue weighted by Gasteiger charge is 2.51. The van der Waals surface area contributed by atoms with Crippen LogP contribution < -0.4 is 10.2 Å². The molecule has 4 nitrogen and oxygen atoms in total. The highest BCUT2D eigenvalue weighted by atomic mass is 19.1. The van der Waals surface area contributed by atoms with Crippen molar-refractivity contribution in [1.82, 2.24) is 0 Å². The van der Waals surface area contributed by atoms with Crippen molar-refractivity contribution in [3.05, 3.63) is 53.8 Å². The number of rotatable bonds is 4. The number of benzene rings is 2. The van der Waals surface area contributed by atoms with Gasteiger partial charge in [0.2, 0.25) is 0 Å². The molecule has 1 heterocycles. The standard InChI is InChI=1S/C19H22BFO4/c1-18(2)19(3,4)25-20(24-18)14-9-15(21)11-17(10-14)23-12-13-6-5-7-16(22)8-13/h5-11,22H,12H2,1-4H3. The fourth-order valence-electron chi connectivity index (χ4n) is 2.60. The maximum atomic E-state index is 14.0. The third-order valence-corrected chi connectivity index (χ3v) is 4.74. The number of phenolic OH excluding ortho intramolecular Hbond substituents is 1. The summed E-state index contributed by atoms with van der Waals surface area (Å²) in [5.74, 6) is 0.129. The molecule has 1 aliphatic heterocycles. The van der Waals surface area contributed by atoms with Gasteiger partial charge in [0, 0.05) is 6.07 Å². The van der Waals surface area contributed by atoms with Crippen LogP contribution in [0.3, 0.4) is 0 Å². The van der Waals surface area contributed by atoms with E-state index < -0.39 is 24.1 Å². The number of hydrogen-bond acceptors (Lipinski definition) is 4. The third kappa shape index (κ3) is 3.80. The minimum absolute atomic E-state index is 0.165. The van der Waals surface area contributed by atoms with Gasteiger partial charge in [-0.1, -0.05) is 12.1 Å². The molecular formula is C19H22BFO4. The van der Waals surface area contributed by atoms with Gasteiger partial charge in [-0.25, -0.2) is 4.39 Å². The summed E-state index contributed by atoms with van der Waals surface area (Å²) < 4.78 is 31.6. The van der Waals surface area contributed by atoms with E-state index >= 15 is 0 Å². The summed E-state index contributed by atoms with van der Waals surface area (Å²) in [5.41, 5.74) is 0.380. The van der Waals surface area contributed by atoms with Gasteiger partial charge >= 0.3 is 7.12 Å². The molecule has 0 spiro atoms. The average Bonchev–Trinajstić information content (AvgIpc) is 2.73. The Morgan fingerprint density at radius 2 is 1.72 bits per heavy atom. The molecule has 3 rings (SSSR count). The van der Waals surface area contributed by atoms with E-state index in [0.29, 0.717) is 11.2 Å². The Kier molecular flexibility index (Phi) is 4.52. The number of aromatic hydroxyl groups is 1. The Bertz CT molecular complexity index is 760. The predicted molar refractivity (Wildman–Crippen MR) is 94.6 cm³/mol. The molecule has 2 aromatic rings. The molecule has 1 fully saturated rings. The quantitative estimate of drug-likeness (QED) is 0.864. The molecule has 0 bridgehead atoms. The van der Waals surface area contributed by atoms with Crippen LogP contribution in [-0.2, 0) is 15.9 Å². The fourth-order valence-corrected chi connectivity index (χ4v) is 2.60. The number of halogens is 1. The Morgan fingerprint density at radius 1 is 1.04 bits per heavy atom. The highest BCUT2D eigenvalue weighted by Crippen LogP contribution is 2.36. The molecule has 0 radical (unpaired) electrons. The number of hydrogen-bond donors (Lipinski definition) is 1. The van der Waals surface area contributed by atoms with Gasteiger partial charge < -0.3 is 19.2 Å². The topological polar surface area (TPSA) is 47.9 Å². The largest absolute Gasteiger partial charge is 0.508 e. The fraction of sp³-hybridized carbons (Fsp3) is 0.368. The zero-order valence-electron chi connectivity index (χ0n) is 14.9. The zero-order chi connectivity index (χ0) is 18.2. The first-order valence-corrected chi connectivity index (χ1v) is 8.23. The van der Waals surface area contributed by atoms with Crippen LogP contribution in [0.1, 0.15) is 33.3 Å². The Hall–Kier alpha value is -2.05. The maximum absolute atomic E-state index is 14.0. The minimum Gasteiger partial charge on any atom is -0.508 e. The molecule has 0 saturated carbocycles. The summed E-state index contributed by atoms with van der Waals surface area (Å²) in [4.78, 5) is 0. The zero-order valence-corrected chi connectivity index (χ0v) is 14.9. The molecule has 1 aliphatic rings. The van der Waals surface area contributed by atoms with Gasteiger partial charge in [0.15, 0.2) is 0 Å². The van der Waals surface area contributed by atoms with Gasteiger partial charge in [0.1, 0.15) is 23.9 Å². The molecule has 1 N–H and O–H groups in total. The summed E-state index contributed by atoms with van der Waals surface area (Å²) in [7, 11) is -0.649. The molecule has 0 amide bonds. The van der Waals surface area contributed by atoms with E-state index in [2.05, 4.69) is 0 Å². The van der Waals surface area contributed by atoms with Gasteiger partial charge in [0.25, 0.3) is 0 Å². The Morgan fingerprint density at radius 3 is 2.36 bits per heavy atom. The summed E-state index contributed by atoms with van der Waals surface area (Å²) in [6.07, 6.45) is 0. The lowest BCUT2D eigenvalue weighted by Gasteiger charge is -2.32. The van der Waals surface area contributed by atoms with Crippen LogP contribution >= 0.6 is 0 Å². The van der Waals surface area contributed by atoms with Gasteiger partial charge in [0.05, 0.1) is 11.2 Å². The first-order chi connectivity index (χ1) is 11.7. The van der Waals surface area contributed by atoms with Crippen LogP contribution in [0.25, 0.3) is 0 Å². The first-order valence-electron chi connectivity index (χ1n) is 8.23. The number of phenols is 1. The van der Waals surface area contributed by atoms with E-state index in [0.717, 1.165) is 5.56 Å². The van der Waals surface area contributed by atoms with E-state index in [1.54, 1.807) is 24.3 Å². The van der Waals surface area contributed by atoms with Gasteiger partial charge in [-0.2, -0.15) is 0 Å². The van der Waals surface area contributed by atoms with Crippen LogP contribution in [0.2, 0.25) is 0 Å². The lowest BCUT2D eigenvalue weighted by Crippen LogP contribution is -2.41. The molecule has 0 unspecified atom stereocenters. The molecular weight excluding hydrogens is 322 g/mol. The molecule has 0 aliphatic carbocycles. The van der Waals surface area contributed by atoms with Crippen LogP contribution in [0.4, 0.5) is 4.39 Å². The van der Waals surface area contributed by atoms with E-state index in [4.69, 9.17) is 14.0 Å². The van der Waals surface area contributed by atoms with Crippen molar-refractivity contribution in [1.29, 1.82) is 0 Å². The van der Waals surface area contributed by atoms with Crippen LogP contribution in [0.5, 0.6) is 11.5 Å². The normalized spacial score (nSPS) is 18.4. The van der Waals surface area contributed by atoms with Crippen molar-refractivity contribution < 1.29 is 23.5 Å². The van der Waals surface area contributed by atoms with Crippen molar-refractivity contribution in [3.63, 3.8) is 0 Å². The summed E-state index contributed by atoms with van der Waals surface area (Å²) in [6, 6.07) is 11.2. The lowest BCUT2D eigenvalue weighted by atomic mass is 9.79.